The fraction of sp³-hybridized carbons (Fsp3) is 0.235. The minimum absolute atomic E-state index is 0.117. The van der Waals surface area contributed by atoms with Gasteiger partial charge in [-0.3, -0.25) is 9.59 Å². The first-order valence-electron chi connectivity index (χ1n) is 7.54. The molecule has 6 nitrogen and oxygen atoms in total. The van der Waals surface area contributed by atoms with E-state index in [4.69, 9.17) is 9.15 Å². The van der Waals surface area contributed by atoms with E-state index in [1.54, 1.807) is 23.5 Å². The highest BCUT2D eigenvalue weighted by Gasteiger charge is 2.10. The van der Waals surface area contributed by atoms with Crippen LogP contribution in [0, 0.1) is 0 Å². The Morgan fingerprint density at radius 2 is 2.08 bits per heavy atom. The van der Waals surface area contributed by atoms with Crippen molar-refractivity contribution in [1.29, 1.82) is 0 Å². The highest BCUT2D eigenvalue weighted by molar-refractivity contribution is 7.18. The molecule has 7 heteroatoms. The molecule has 3 rings (SSSR count). The van der Waals surface area contributed by atoms with Crippen LogP contribution < -0.4 is 5.32 Å². The van der Waals surface area contributed by atoms with Crippen molar-refractivity contribution in [1.82, 2.24) is 10.3 Å². The highest BCUT2D eigenvalue weighted by Crippen LogP contribution is 2.21. The Balaban J connectivity index is 1.36. The lowest BCUT2D eigenvalue weighted by Crippen LogP contribution is -2.26. The largest absolute Gasteiger partial charge is 0.465 e. The average Bonchev–Trinajstić information content (AvgIpc) is 3.24. The van der Waals surface area contributed by atoms with Crippen LogP contribution in [0.5, 0.6) is 0 Å². The van der Waals surface area contributed by atoms with Gasteiger partial charge in [-0.1, -0.05) is 12.1 Å². The number of rotatable bonds is 7. The number of ether oxygens (including phenoxy) is 1. The van der Waals surface area contributed by atoms with Crippen molar-refractivity contribution in [2.45, 2.75) is 12.8 Å². The van der Waals surface area contributed by atoms with Gasteiger partial charge in [-0.05, 0) is 24.3 Å². The van der Waals surface area contributed by atoms with E-state index in [0.29, 0.717) is 6.42 Å². The van der Waals surface area contributed by atoms with Crippen molar-refractivity contribution in [3.63, 3.8) is 0 Å². The number of nitrogens with zero attached hydrogens (tertiary/aromatic N) is 1. The number of furan rings is 1. The molecule has 24 heavy (non-hydrogen) atoms. The van der Waals surface area contributed by atoms with Crippen molar-refractivity contribution in [2.24, 2.45) is 0 Å². The zero-order chi connectivity index (χ0) is 16.8. The van der Waals surface area contributed by atoms with Crippen LogP contribution in [0.1, 0.15) is 22.0 Å². The lowest BCUT2D eigenvalue weighted by molar-refractivity contribution is -0.143. The Labute approximate surface area is 142 Å². The summed E-state index contributed by atoms with van der Waals surface area (Å²) in [5.41, 5.74) is 0.962. The monoisotopic (exact) mass is 344 g/mol. The summed E-state index contributed by atoms with van der Waals surface area (Å²) in [5.74, 6) is -0.475. The van der Waals surface area contributed by atoms with E-state index < -0.39 is 0 Å². The quantitative estimate of drug-likeness (QED) is 0.667. The maximum atomic E-state index is 11.7. The van der Waals surface area contributed by atoms with Gasteiger partial charge in [0.15, 0.2) is 5.76 Å². The molecular formula is C17H16N2O4S. The van der Waals surface area contributed by atoms with Crippen molar-refractivity contribution in [3.05, 3.63) is 53.4 Å². The number of esters is 1. The highest BCUT2D eigenvalue weighted by atomic mass is 32.1. The molecule has 3 aromatic rings. The van der Waals surface area contributed by atoms with Crippen molar-refractivity contribution >= 4 is 33.4 Å². The second-order valence-electron chi connectivity index (χ2n) is 5.03. The van der Waals surface area contributed by atoms with Crippen LogP contribution in [0.3, 0.4) is 0 Å². The van der Waals surface area contributed by atoms with Crippen LogP contribution >= 0.6 is 11.3 Å². The van der Waals surface area contributed by atoms with Crippen LogP contribution in [0.25, 0.3) is 10.2 Å². The minimum Gasteiger partial charge on any atom is -0.465 e. The molecule has 0 bridgehead atoms. The van der Waals surface area contributed by atoms with Gasteiger partial charge >= 0.3 is 5.97 Å². The number of hydrogen-bond donors (Lipinski definition) is 1. The summed E-state index contributed by atoms with van der Waals surface area (Å²) < 4.78 is 11.2. The van der Waals surface area contributed by atoms with Crippen LogP contribution in [-0.4, -0.2) is 30.0 Å². The molecule has 1 amide bonds. The van der Waals surface area contributed by atoms with E-state index in [2.05, 4.69) is 10.3 Å². The number of hydrogen-bond acceptors (Lipinski definition) is 6. The first kappa shape index (κ1) is 16.2. The molecule has 124 valence electrons. The third-order valence-electron chi connectivity index (χ3n) is 3.28. The van der Waals surface area contributed by atoms with E-state index in [0.717, 1.165) is 15.2 Å². The summed E-state index contributed by atoms with van der Waals surface area (Å²) in [6.45, 7) is 0.490. The van der Waals surface area contributed by atoms with E-state index in [9.17, 15) is 9.59 Å². The maximum Gasteiger partial charge on any atom is 0.307 e. The van der Waals surface area contributed by atoms with Crippen molar-refractivity contribution in [3.8, 4) is 0 Å². The number of carbonyl (C=O) groups excluding carboxylic acids is 2. The van der Waals surface area contributed by atoms with Gasteiger partial charge in [-0.2, -0.15) is 0 Å². The lowest BCUT2D eigenvalue weighted by Gasteiger charge is -2.04. The van der Waals surface area contributed by atoms with Gasteiger partial charge in [-0.25, -0.2) is 4.98 Å². The molecule has 0 aliphatic carbocycles. The fourth-order valence-electron chi connectivity index (χ4n) is 2.12. The van der Waals surface area contributed by atoms with Gasteiger partial charge in [0.2, 0.25) is 0 Å². The Hall–Kier alpha value is -2.67. The number of thiazole rings is 1. The minimum atomic E-state index is -0.351. The molecule has 0 unspecified atom stereocenters. The predicted octanol–water partition coefficient (Wildman–Crippen LogP) is 2.80. The average molecular weight is 344 g/mol. The van der Waals surface area contributed by atoms with E-state index in [1.807, 2.05) is 24.3 Å². The number of amides is 1. The number of carbonyl (C=O) groups is 2. The Bertz CT molecular complexity index is 793. The van der Waals surface area contributed by atoms with Crippen molar-refractivity contribution in [2.75, 3.05) is 13.2 Å². The number of para-hydroxylation sites is 1. The summed E-state index contributed by atoms with van der Waals surface area (Å²) in [4.78, 5) is 27.8. The Morgan fingerprint density at radius 1 is 1.21 bits per heavy atom. The SMILES string of the molecule is O=C(CCNC(=O)c1ccco1)OCCc1nc2ccccc2s1. The summed E-state index contributed by atoms with van der Waals surface area (Å²) in [7, 11) is 0. The van der Waals surface area contributed by atoms with E-state index >= 15 is 0 Å². The Kier molecular flexibility index (Phi) is 5.22. The molecule has 0 atom stereocenters. The normalized spacial score (nSPS) is 10.7. The molecule has 0 spiro atoms. The summed E-state index contributed by atoms with van der Waals surface area (Å²) >= 11 is 1.60. The molecule has 0 aliphatic heterocycles. The smallest absolute Gasteiger partial charge is 0.307 e. The second kappa shape index (κ2) is 7.74. The molecule has 0 saturated heterocycles. The molecule has 2 aromatic heterocycles. The fourth-order valence-corrected chi connectivity index (χ4v) is 3.07. The topological polar surface area (TPSA) is 81.4 Å². The van der Waals surface area contributed by atoms with Gasteiger partial charge in [0.05, 0.1) is 34.5 Å². The maximum absolute atomic E-state index is 11.7. The van der Waals surface area contributed by atoms with Gasteiger partial charge in [0.1, 0.15) is 0 Å². The summed E-state index contributed by atoms with van der Waals surface area (Å²) in [5, 5.41) is 3.54. The molecule has 0 radical (unpaired) electrons. The number of aromatic nitrogens is 1. The Morgan fingerprint density at radius 3 is 2.88 bits per heavy atom. The van der Waals surface area contributed by atoms with Crippen LogP contribution in [0.4, 0.5) is 0 Å². The predicted molar refractivity (Wildman–Crippen MR) is 89.9 cm³/mol. The standard InChI is InChI=1S/C17H16N2O4S/c20-16(7-9-18-17(21)13-5-3-10-22-13)23-11-8-15-19-12-4-1-2-6-14(12)24-15/h1-6,10H,7-9,11H2,(H,18,21). The van der Waals surface area contributed by atoms with Gasteiger partial charge < -0.3 is 14.5 Å². The molecule has 0 fully saturated rings. The number of fused-ring (bicyclic) bond motifs is 1. The zero-order valence-electron chi connectivity index (χ0n) is 12.9. The first-order chi connectivity index (χ1) is 11.7. The first-order valence-corrected chi connectivity index (χ1v) is 8.36. The van der Waals surface area contributed by atoms with Crippen molar-refractivity contribution < 1.29 is 18.7 Å². The van der Waals surface area contributed by atoms with E-state index in [-0.39, 0.29) is 37.2 Å². The number of nitrogens with one attached hydrogen (secondary N) is 1. The lowest BCUT2D eigenvalue weighted by atomic mass is 10.3. The molecule has 0 aliphatic rings. The van der Waals surface area contributed by atoms with Crippen LogP contribution in [0.2, 0.25) is 0 Å². The molecular weight excluding hydrogens is 328 g/mol. The molecule has 1 N–H and O–H groups in total. The molecule has 0 saturated carbocycles. The summed E-state index contributed by atoms with van der Waals surface area (Å²) in [6, 6.07) is 11.1. The summed E-state index contributed by atoms with van der Waals surface area (Å²) in [6.07, 6.45) is 2.13. The molecule has 1 aromatic carbocycles. The van der Waals surface area contributed by atoms with E-state index in [1.165, 1.54) is 6.26 Å². The zero-order valence-corrected chi connectivity index (χ0v) is 13.7. The molecule has 2 heterocycles. The van der Waals surface area contributed by atoms with Gasteiger partial charge in [-0.15, -0.1) is 11.3 Å². The third-order valence-corrected chi connectivity index (χ3v) is 4.37. The van der Waals surface area contributed by atoms with Crippen LogP contribution in [-0.2, 0) is 16.0 Å². The van der Waals surface area contributed by atoms with Crippen LogP contribution in [0.15, 0.2) is 47.1 Å². The van der Waals surface area contributed by atoms with Gasteiger partial charge in [0, 0.05) is 13.0 Å². The second-order valence-corrected chi connectivity index (χ2v) is 6.14. The third kappa shape index (κ3) is 4.20. The van der Waals surface area contributed by atoms with Gasteiger partial charge in [0.25, 0.3) is 5.91 Å². The number of benzene rings is 1.